The summed E-state index contributed by atoms with van der Waals surface area (Å²) in [7, 11) is 0. The molecule has 0 aliphatic rings. The smallest absolute Gasteiger partial charge is 0.251 e. The molecule has 0 atom stereocenters. The van der Waals surface area contributed by atoms with Gasteiger partial charge in [0.05, 0.1) is 11.1 Å². The lowest BCUT2D eigenvalue weighted by molar-refractivity contribution is -0.00292. The van der Waals surface area contributed by atoms with Crippen LogP contribution in [0.1, 0.15) is 38.1 Å². The molecular formula is C15H20N2O2. The molecule has 0 saturated heterocycles. The highest BCUT2D eigenvalue weighted by Gasteiger charge is 2.36. The van der Waals surface area contributed by atoms with Crippen LogP contribution in [0.5, 0.6) is 0 Å². The maximum atomic E-state index is 12.2. The van der Waals surface area contributed by atoms with Crippen molar-refractivity contribution in [1.29, 1.82) is 0 Å². The van der Waals surface area contributed by atoms with Gasteiger partial charge in [0.1, 0.15) is 0 Å². The Morgan fingerprint density at radius 3 is 2.53 bits per heavy atom. The molecule has 0 aliphatic carbocycles. The number of benzene rings is 1. The van der Waals surface area contributed by atoms with Crippen molar-refractivity contribution in [2.45, 2.75) is 38.8 Å². The normalized spacial score (nSPS) is 12.7. The van der Waals surface area contributed by atoms with Gasteiger partial charge in [-0.05, 0) is 51.3 Å². The molecular weight excluding hydrogens is 240 g/mol. The lowest BCUT2D eigenvalue weighted by Crippen LogP contribution is -2.57. The van der Waals surface area contributed by atoms with Gasteiger partial charge >= 0.3 is 0 Å². The molecule has 0 unspecified atom stereocenters. The van der Waals surface area contributed by atoms with Crippen LogP contribution in [-0.2, 0) is 0 Å². The number of rotatable bonds is 3. The second-order valence-corrected chi connectivity index (χ2v) is 5.92. The fraction of sp³-hybridized carbons (Fsp3) is 0.400. The molecule has 4 nitrogen and oxygen atoms in total. The summed E-state index contributed by atoms with van der Waals surface area (Å²) in [4.78, 5) is 15.3. The van der Waals surface area contributed by atoms with Crippen molar-refractivity contribution in [1.82, 2.24) is 10.3 Å². The molecule has 0 spiro atoms. The highest BCUT2D eigenvalue weighted by molar-refractivity contribution is 5.98. The van der Waals surface area contributed by atoms with E-state index in [1.807, 2.05) is 24.4 Å². The number of hydrogen-bond acceptors (Lipinski definition) is 2. The molecule has 3 N–H and O–H groups in total. The van der Waals surface area contributed by atoms with Gasteiger partial charge in [-0.2, -0.15) is 0 Å². The molecule has 0 saturated carbocycles. The number of carbonyl (C=O) groups is 1. The van der Waals surface area contributed by atoms with E-state index >= 15 is 0 Å². The Labute approximate surface area is 112 Å². The molecule has 1 amide bonds. The number of nitrogens with one attached hydrogen (secondary N) is 2. The van der Waals surface area contributed by atoms with Crippen LogP contribution in [0.3, 0.4) is 0 Å². The summed E-state index contributed by atoms with van der Waals surface area (Å²) in [5.74, 6) is -0.191. The molecule has 102 valence electrons. The minimum absolute atomic E-state index is 0.191. The summed E-state index contributed by atoms with van der Waals surface area (Å²) in [5, 5.41) is 14.0. The third-order valence-electron chi connectivity index (χ3n) is 3.77. The minimum Gasteiger partial charge on any atom is -0.388 e. The highest BCUT2D eigenvalue weighted by Crippen LogP contribution is 2.21. The van der Waals surface area contributed by atoms with Gasteiger partial charge < -0.3 is 15.4 Å². The van der Waals surface area contributed by atoms with E-state index in [4.69, 9.17) is 0 Å². The fourth-order valence-electron chi connectivity index (χ4n) is 1.70. The van der Waals surface area contributed by atoms with E-state index in [2.05, 4.69) is 10.3 Å². The van der Waals surface area contributed by atoms with E-state index in [0.29, 0.717) is 5.56 Å². The average molecular weight is 260 g/mol. The maximum absolute atomic E-state index is 12.2. The Bertz CT molecular complexity index is 606. The number of H-pyrrole nitrogens is 1. The van der Waals surface area contributed by atoms with Crippen molar-refractivity contribution >= 4 is 16.8 Å². The molecule has 1 aromatic carbocycles. The van der Waals surface area contributed by atoms with Crippen molar-refractivity contribution in [2.24, 2.45) is 0 Å². The Kier molecular flexibility index (Phi) is 3.14. The van der Waals surface area contributed by atoms with Gasteiger partial charge in [-0.25, -0.2) is 0 Å². The zero-order chi connectivity index (χ0) is 14.3. The van der Waals surface area contributed by atoms with E-state index < -0.39 is 11.1 Å². The molecule has 1 aromatic heterocycles. The van der Waals surface area contributed by atoms with E-state index in [0.717, 1.165) is 10.9 Å². The Hall–Kier alpha value is -1.81. The zero-order valence-corrected chi connectivity index (χ0v) is 11.7. The van der Waals surface area contributed by atoms with Crippen molar-refractivity contribution in [3.05, 3.63) is 36.0 Å². The molecule has 2 rings (SSSR count). The van der Waals surface area contributed by atoms with Gasteiger partial charge in [-0.1, -0.05) is 6.07 Å². The average Bonchev–Trinajstić information content (AvgIpc) is 2.73. The third kappa shape index (κ3) is 2.63. The van der Waals surface area contributed by atoms with Crippen LogP contribution in [0.25, 0.3) is 10.9 Å². The van der Waals surface area contributed by atoms with Gasteiger partial charge in [0.2, 0.25) is 0 Å². The van der Waals surface area contributed by atoms with E-state index in [-0.39, 0.29) is 5.91 Å². The molecule has 19 heavy (non-hydrogen) atoms. The second-order valence-electron chi connectivity index (χ2n) is 5.92. The van der Waals surface area contributed by atoms with Crippen LogP contribution in [-0.4, -0.2) is 27.1 Å². The first kappa shape index (κ1) is 13.6. The number of aliphatic hydroxyl groups is 1. The highest BCUT2D eigenvalue weighted by atomic mass is 16.3. The van der Waals surface area contributed by atoms with Gasteiger partial charge in [0, 0.05) is 17.3 Å². The van der Waals surface area contributed by atoms with Crippen LogP contribution in [0.2, 0.25) is 0 Å². The largest absolute Gasteiger partial charge is 0.388 e. The molecule has 2 aromatic rings. The predicted octanol–water partition coefficient (Wildman–Crippen LogP) is 2.45. The molecule has 1 heterocycles. The predicted molar refractivity (Wildman–Crippen MR) is 76.1 cm³/mol. The maximum Gasteiger partial charge on any atom is 0.251 e. The van der Waals surface area contributed by atoms with Crippen LogP contribution in [0.4, 0.5) is 0 Å². The van der Waals surface area contributed by atoms with Gasteiger partial charge in [0.25, 0.3) is 5.91 Å². The summed E-state index contributed by atoms with van der Waals surface area (Å²) < 4.78 is 0. The zero-order valence-electron chi connectivity index (χ0n) is 11.7. The Morgan fingerprint density at radius 1 is 1.21 bits per heavy atom. The van der Waals surface area contributed by atoms with Crippen LogP contribution >= 0.6 is 0 Å². The molecule has 0 fully saturated rings. The summed E-state index contributed by atoms with van der Waals surface area (Å²) in [6.45, 7) is 6.97. The van der Waals surface area contributed by atoms with Crippen molar-refractivity contribution in [3.63, 3.8) is 0 Å². The topological polar surface area (TPSA) is 65.1 Å². The van der Waals surface area contributed by atoms with E-state index in [1.54, 1.807) is 33.8 Å². The van der Waals surface area contributed by atoms with Crippen molar-refractivity contribution in [2.75, 3.05) is 0 Å². The number of amides is 1. The van der Waals surface area contributed by atoms with Gasteiger partial charge in [-0.15, -0.1) is 0 Å². The van der Waals surface area contributed by atoms with Crippen LogP contribution in [0.15, 0.2) is 30.5 Å². The summed E-state index contributed by atoms with van der Waals surface area (Å²) in [6, 6.07) is 7.45. The van der Waals surface area contributed by atoms with Crippen molar-refractivity contribution < 1.29 is 9.90 Å². The van der Waals surface area contributed by atoms with Crippen LogP contribution in [0, 0.1) is 0 Å². The Morgan fingerprint density at radius 2 is 1.89 bits per heavy atom. The molecule has 0 radical (unpaired) electrons. The van der Waals surface area contributed by atoms with Gasteiger partial charge in [-0.3, -0.25) is 4.79 Å². The fourth-order valence-corrected chi connectivity index (χ4v) is 1.70. The SMILES string of the molecule is CC(C)(O)C(C)(C)NC(=O)c1ccc2cc[nH]c2c1. The standard InChI is InChI=1S/C15H20N2O2/c1-14(2,15(3,4)19)17-13(18)11-6-5-10-7-8-16-12(10)9-11/h5-9,16,19H,1-4H3,(H,17,18). The van der Waals surface area contributed by atoms with Crippen molar-refractivity contribution in [3.8, 4) is 0 Å². The number of hydrogen-bond donors (Lipinski definition) is 3. The molecule has 0 bridgehead atoms. The van der Waals surface area contributed by atoms with Crippen LogP contribution < -0.4 is 5.32 Å². The Balaban J connectivity index is 2.24. The lowest BCUT2D eigenvalue weighted by atomic mass is 9.85. The first-order chi connectivity index (χ1) is 8.71. The molecule has 0 aliphatic heterocycles. The number of aromatic nitrogens is 1. The first-order valence-corrected chi connectivity index (χ1v) is 6.33. The number of aromatic amines is 1. The lowest BCUT2D eigenvalue weighted by Gasteiger charge is -2.38. The summed E-state index contributed by atoms with van der Waals surface area (Å²) >= 11 is 0. The summed E-state index contributed by atoms with van der Waals surface area (Å²) in [6.07, 6.45) is 1.84. The molecule has 4 heteroatoms. The quantitative estimate of drug-likeness (QED) is 0.793. The monoisotopic (exact) mass is 260 g/mol. The van der Waals surface area contributed by atoms with Gasteiger partial charge in [0.15, 0.2) is 0 Å². The third-order valence-corrected chi connectivity index (χ3v) is 3.77. The second kappa shape index (κ2) is 4.38. The minimum atomic E-state index is -1.00. The number of fused-ring (bicyclic) bond motifs is 1. The first-order valence-electron chi connectivity index (χ1n) is 6.33. The van der Waals surface area contributed by atoms with E-state index in [9.17, 15) is 9.90 Å². The van der Waals surface area contributed by atoms with E-state index in [1.165, 1.54) is 0 Å². The number of carbonyl (C=O) groups excluding carboxylic acids is 1. The summed E-state index contributed by atoms with van der Waals surface area (Å²) in [5.41, 5.74) is -0.213.